The van der Waals surface area contributed by atoms with E-state index in [-0.39, 0.29) is 6.61 Å². The van der Waals surface area contributed by atoms with Crippen molar-refractivity contribution in [2.75, 3.05) is 6.61 Å². The zero-order chi connectivity index (χ0) is 20.0. The second-order valence-corrected chi connectivity index (χ2v) is 6.95. The SMILES string of the molecule is FC(F)(F)C1=CC(c2ccncc2)=CC2NC(C3COc4ccccc4O3)=NC12. The van der Waals surface area contributed by atoms with E-state index in [1.165, 1.54) is 0 Å². The lowest BCUT2D eigenvalue weighted by atomic mass is 9.88. The Kier molecular flexibility index (Phi) is 4.08. The number of nitrogens with zero attached hydrogens (tertiary/aromatic N) is 2. The minimum atomic E-state index is -4.49. The van der Waals surface area contributed by atoms with E-state index >= 15 is 0 Å². The molecule has 3 unspecified atom stereocenters. The van der Waals surface area contributed by atoms with Crippen LogP contribution >= 0.6 is 0 Å². The molecule has 3 heterocycles. The minimum Gasteiger partial charge on any atom is -0.485 e. The summed E-state index contributed by atoms with van der Waals surface area (Å²) in [5.74, 6) is 1.51. The van der Waals surface area contributed by atoms with Gasteiger partial charge in [-0.1, -0.05) is 18.2 Å². The Bertz CT molecular complexity index is 1030. The average molecular weight is 399 g/mol. The fraction of sp³-hybridized carbons (Fsp3) is 0.238. The molecule has 8 heteroatoms. The number of ether oxygens (including phenoxy) is 2. The molecule has 29 heavy (non-hydrogen) atoms. The molecule has 148 valence electrons. The lowest BCUT2D eigenvalue weighted by Crippen LogP contribution is -2.45. The Balaban J connectivity index is 1.46. The van der Waals surface area contributed by atoms with Gasteiger partial charge in [0.1, 0.15) is 18.5 Å². The van der Waals surface area contributed by atoms with Gasteiger partial charge in [-0.15, -0.1) is 0 Å². The van der Waals surface area contributed by atoms with Gasteiger partial charge in [0.15, 0.2) is 17.6 Å². The first-order chi connectivity index (χ1) is 14.0. The van der Waals surface area contributed by atoms with Crippen LogP contribution in [-0.4, -0.2) is 41.8 Å². The fourth-order valence-corrected chi connectivity index (χ4v) is 3.71. The zero-order valence-corrected chi connectivity index (χ0v) is 15.1. The van der Waals surface area contributed by atoms with Crippen LogP contribution < -0.4 is 14.8 Å². The number of rotatable bonds is 2. The van der Waals surface area contributed by atoms with Crippen LogP contribution in [0.4, 0.5) is 13.2 Å². The molecule has 0 saturated heterocycles. The number of allylic oxidation sites excluding steroid dienone is 2. The molecule has 0 saturated carbocycles. The summed E-state index contributed by atoms with van der Waals surface area (Å²) in [5.41, 5.74) is 0.467. The highest BCUT2D eigenvalue weighted by molar-refractivity contribution is 5.91. The second kappa shape index (κ2) is 6.65. The number of aromatic nitrogens is 1. The van der Waals surface area contributed by atoms with Crippen LogP contribution in [0.2, 0.25) is 0 Å². The van der Waals surface area contributed by atoms with E-state index < -0.39 is 29.9 Å². The maximum absolute atomic E-state index is 13.8. The average Bonchev–Trinajstić information content (AvgIpc) is 3.16. The number of pyridine rings is 1. The maximum Gasteiger partial charge on any atom is 0.414 e. The van der Waals surface area contributed by atoms with Gasteiger partial charge >= 0.3 is 6.18 Å². The van der Waals surface area contributed by atoms with Gasteiger partial charge in [0.2, 0.25) is 0 Å². The van der Waals surface area contributed by atoms with Crippen molar-refractivity contribution in [2.24, 2.45) is 4.99 Å². The molecule has 0 amide bonds. The molecule has 5 nitrogen and oxygen atoms in total. The van der Waals surface area contributed by atoms with E-state index in [0.717, 1.165) is 6.08 Å². The van der Waals surface area contributed by atoms with Crippen LogP contribution in [0.3, 0.4) is 0 Å². The molecule has 1 N–H and O–H groups in total. The quantitative estimate of drug-likeness (QED) is 0.839. The monoisotopic (exact) mass is 399 g/mol. The summed E-state index contributed by atoms with van der Waals surface area (Å²) in [6.07, 6.45) is 0.951. The number of para-hydroxylation sites is 2. The Morgan fingerprint density at radius 2 is 1.79 bits per heavy atom. The number of aliphatic imine (C=N–C) groups is 1. The summed E-state index contributed by atoms with van der Waals surface area (Å²) in [6.45, 7) is 0.175. The first-order valence-electron chi connectivity index (χ1n) is 9.13. The van der Waals surface area contributed by atoms with Crippen LogP contribution in [0.1, 0.15) is 5.56 Å². The first kappa shape index (κ1) is 17.8. The molecule has 0 radical (unpaired) electrons. The van der Waals surface area contributed by atoms with Crippen molar-refractivity contribution in [1.82, 2.24) is 10.3 Å². The van der Waals surface area contributed by atoms with E-state index in [9.17, 15) is 13.2 Å². The number of fused-ring (bicyclic) bond motifs is 2. The number of nitrogens with one attached hydrogen (secondary N) is 1. The van der Waals surface area contributed by atoms with Gasteiger partial charge in [-0.2, -0.15) is 13.2 Å². The summed E-state index contributed by atoms with van der Waals surface area (Å²) in [5, 5.41) is 3.11. The molecule has 0 bridgehead atoms. The highest BCUT2D eigenvalue weighted by Gasteiger charge is 2.47. The topological polar surface area (TPSA) is 55.7 Å². The maximum atomic E-state index is 13.8. The molecule has 1 aromatic heterocycles. The van der Waals surface area contributed by atoms with Crippen molar-refractivity contribution < 1.29 is 22.6 Å². The van der Waals surface area contributed by atoms with Crippen LogP contribution in [0.15, 0.2) is 71.5 Å². The Labute approximate surface area is 164 Å². The molecule has 1 aliphatic carbocycles. The predicted octanol–water partition coefficient (Wildman–Crippen LogP) is 3.55. The Morgan fingerprint density at radius 3 is 2.55 bits per heavy atom. The summed E-state index contributed by atoms with van der Waals surface area (Å²) in [6, 6.07) is 8.87. The van der Waals surface area contributed by atoms with Gasteiger partial charge in [0.05, 0.1) is 11.6 Å². The normalized spacial score (nSPS) is 25.3. The molecule has 2 aliphatic heterocycles. The summed E-state index contributed by atoms with van der Waals surface area (Å²) < 4.78 is 52.9. The lowest BCUT2D eigenvalue weighted by molar-refractivity contribution is -0.0957. The van der Waals surface area contributed by atoms with Crippen molar-refractivity contribution in [3.05, 3.63) is 72.1 Å². The predicted molar refractivity (Wildman–Crippen MR) is 101 cm³/mol. The summed E-state index contributed by atoms with van der Waals surface area (Å²) >= 11 is 0. The zero-order valence-electron chi connectivity index (χ0n) is 15.1. The van der Waals surface area contributed by atoms with E-state index in [1.54, 1.807) is 42.7 Å². The van der Waals surface area contributed by atoms with E-state index in [0.29, 0.717) is 28.5 Å². The van der Waals surface area contributed by atoms with Crippen molar-refractivity contribution in [3.63, 3.8) is 0 Å². The number of alkyl halides is 3. The smallest absolute Gasteiger partial charge is 0.414 e. The van der Waals surface area contributed by atoms with Crippen molar-refractivity contribution in [3.8, 4) is 11.5 Å². The molecule has 3 aliphatic rings. The Morgan fingerprint density at radius 1 is 1.03 bits per heavy atom. The van der Waals surface area contributed by atoms with Crippen LogP contribution in [0.25, 0.3) is 5.57 Å². The largest absolute Gasteiger partial charge is 0.485 e. The third-order valence-corrected chi connectivity index (χ3v) is 5.08. The molecule has 5 rings (SSSR count). The summed E-state index contributed by atoms with van der Waals surface area (Å²) in [4.78, 5) is 8.27. The Hall–Kier alpha value is -3.29. The lowest BCUT2D eigenvalue weighted by Gasteiger charge is -2.27. The van der Waals surface area contributed by atoms with Crippen molar-refractivity contribution >= 4 is 11.4 Å². The van der Waals surface area contributed by atoms with E-state index in [1.807, 2.05) is 12.1 Å². The van der Waals surface area contributed by atoms with Crippen LogP contribution in [-0.2, 0) is 0 Å². The number of benzene rings is 1. The van der Waals surface area contributed by atoms with Gasteiger partial charge in [0.25, 0.3) is 0 Å². The molecular weight excluding hydrogens is 383 g/mol. The molecule has 0 fully saturated rings. The third kappa shape index (κ3) is 3.24. The van der Waals surface area contributed by atoms with Gasteiger partial charge in [-0.05, 0) is 41.5 Å². The van der Waals surface area contributed by atoms with Crippen molar-refractivity contribution in [2.45, 2.75) is 24.4 Å². The highest BCUT2D eigenvalue weighted by atomic mass is 19.4. The standard InChI is InChI=1S/C21H16F3N3O2/c22-21(23,24)14-9-13(12-5-7-25-8-6-12)10-15-19(14)27-20(26-15)18-11-28-16-3-1-2-4-17(16)29-18/h1-10,15,18-19H,11H2,(H,26,27). The van der Waals surface area contributed by atoms with Crippen molar-refractivity contribution in [1.29, 1.82) is 0 Å². The highest BCUT2D eigenvalue weighted by Crippen LogP contribution is 2.39. The van der Waals surface area contributed by atoms with Gasteiger partial charge < -0.3 is 14.8 Å². The molecule has 2 aromatic rings. The minimum absolute atomic E-state index is 0.175. The van der Waals surface area contributed by atoms with E-state index in [4.69, 9.17) is 9.47 Å². The molecule has 1 aromatic carbocycles. The first-order valence-corrected chi connectivity index (χ1v) is 9.13. The van der Waals surface area contributed by atoms with Gasteiger partial charge in [0, 0.05) is 12.4 Å². The van der Waals surface area contributed by atoms with E-state index in [2.05, 4.69) is 15.3 Å². The second-order valence-electron chi connectivity index (χ2n) is 6.95. The summed E-state index contributed by atoms with van der Waals surface area (Å²) in [7, 11) is 0. The van der Waals surface area contributed by atoms with Crippen LogP contribution in [0, 0.1) is 0 Å². The third-order valence-electron chi connectivity index (χ3n) is 5.08. The van der Waals surface area contributed by atoms with Gasteiger partial charge in [-0.3, -0.25) is 9.98 Å². The van der Waals surface area contributed by atoms with Gasteiger partial charge in [-0.25, -0.2) is 0 Å². The molecule has 0 spiro atoms. The molecule has 3 atom stereocenters. The number of hydrogen-bond acceptors (Lipinski definition) is 5. The number of hydrogen-bond donors (Lipinski definition) is 1. The molecular formula is C21H16F3N3O2. The fourth-order valence-electron chi connectivity index (χ4n) is 3.71. The van der Waals surface area contributed by atoms with Crippen LogP contribution in [0.5, 0.6) is 11.5 Å². The number of amidine groups is 1. The number of halogens is 3.